The zero-order chi connectivity index (χ0) is 12.3. The second-order valence-electron chi connectivity index (χ2n) is 4.97. The number of methoxy groups -OCH3 is 1. The van der Waals surface area contributed by atoms with Gasteiger partial charge in [-0.25, -0.2) is 0 Å². The van der Waals surface area contributed by atoms with Crippen LogP contribution < -0.4 is 15.8 Å². The first-order valence-corrected chi connectivity index (χ1v) is 6.36. The summed E-state index contributed by atoms with van der Waals surface area (Å²) in [6, 6.07) is 7.04. The van der Waals surface area contributed by atoms with E-state index in [-0.39, 0.29) is 0 Å². The summed E-state index contributed by atoms with van der Waals surface area (Å²) in [5, 5.41) is 3.57. The van der Waals surface area contributed by atoms with Crippen LogP contribution in [-0.2, 0) is 0 Å². The summed E-state index contributed by atoms with van der Waals surface area (Å²) >= 11 is 0. The number of aryl methyl sites for hydroxylation is 1. The molecule has 3 N–H and O–H groups in total. The van der Waals surface area contributed by atoms with Crippen LogP contribution in [0.2, 0.25) is 0 Å². The molecule has 0 radical (unpaired) electrons. The highest BCUT2D eigenvalue weighted by atomic mass is 16.5. The van der Waals surface area contributed by atoms with Crippen LogP contribution in [0.25, 0.3) is 0 Å². The summed E-state index contributed by atoms with van der Waals surface area (Å²) in [6.07, 6.45) is 4.62. The smallest absolute Gasteiger partial charge is 0.141 e. The molecule has 1 saturated carbocycles. The van der Waals surface area contributed by atoms with Crippen molar-refractivity contribution in [3.8, 4) is 5.75 Å². The van der Waals surface area contributed by atoms with Crippen LogP contribution in [0.3, 0.4) is 0 Å². The Bertz CT molecular complexity index is 378. The molecule has 0 aromatic heterocycles. The van der Waals surface area contributed by atoms with Gasteiger partial charge in [0.15, 0.2) is 0 Å². The second-order valence-corrected chi connectivity index (χ2v) is 4.97. The van der Waals surface area contributed by atoms with Crippen molar-refractivity contribution in [2.24, 2.45) is 5.73 Å². The lowest BCUT2D eigenvalue weighted by Gasteiger charge is -2.28. The highest BCUT2D eigenvalue weighted by molar-refractivity contribution is 5.58. The van der Waals surface area contributed by atoms with E-state index in [4.69, 9.17) is 10.5 Å². The Hall–Kier alpha value is -1.22. The first kappa shape index (κ1) is 12.2. The van der Waals surface area contributed by atoms with Crippen molar-refractivity contribution >= 4 is 5.69 Å². The molecule has 0 bridgehead atoms. The number of hydrogen-bond donors (Lipinski definition) is 2. The molecule has 1 fully saturated rings. The van der Waals surface area contributed by atoms with Crippen molar-refractivity contribution in [1.82, 2.24) is 0 Å². The van der Waals surface area contributed by atoms with Crippen molar-refractivity contribution in [1.29, 1.82) is 0 Å². The van der Waals surface area contributed by atoms with E-state index >= 15 is 0 Å². The predicted octanol–water partition coefficient (Wildman–Crippen LogP) is 2.69. The third-order valence-electron chi connectivity index (χ3n) is 3.43. The van der Waals surface area contributed by atoms with Gasteiger partial charge < -0.3 is 15.8 Å². The minimum Gasteiger partial charge on any atom is -0.495 e. The van der Waals surface area contributed by atoms with E-state index in [9.17, 15) is 0 Å². The fourth-order valence-electron chi connectivity index (χ4n) is 2.51. The Labute approximate surface area is 103 Å². The van der Waals surface area contributed by atoms with Gasteiger partial charge in [0, 0.05) is 12.1 Å². The second kappa shape index (κ2) is 5.41. The van der Waals surface area contributed by atoms with Gasteiger partial charge in [-0.1, -0.05) is 6.07 Å². The van der Waals surface area contributed by atoms with Crippen LogP contribution >= 0.6 is 0 Å². The summed E-state index contributed by atoms with van der Waals surface area (Å²) in [7, 11) is 1.71. The van der Waals surface area contributed by atoms with Crippen LogP contribution in [0.4, 0.5) is 5.69 Å². The summed E-state index contributed by atoms with van der Waals surface area (Å²) in [6.45, 7) is 2.09. The average molecular weight is 234 g/mol. The van der Waals surface area contributed by atoms with Crippen LogP contribution in [0, 0.1) is 6.92 Å². The van der Waals surface area contributed by atoms with Gasteiger partial charge in [0.05, 0.1) is 12.8 Å². The Kier molecular flexibility index (Phi) is 3.89. The van der Waals surface area contributed by atoms with Gasteiger partial charge >= 0.3 is 0 Å². The van der Waals surface area contributed by atoms with Gasteiger partial charge in [-0.15, -0.1) is 0 Å². The lowest BCUT2D eigenvalue weighted by molar-refractivity contribution is 0.400. The fraction of sp³-hybridized carbons (Fsp3) is 0.571. The number of ether oxygens (including phenoxy) is 1. The maximum atomic E-state index is 6.01. The summed E-state index contributed by atoms with van der Waals surface area (Å²) in [5.74, 6) is 0.912. The first-order chi connectivity index (χ1) is 8.19. The molecule has 0 amide bonds. The van der Waals surface area contributed by atoms with E-state index < -0.39 is 0 Å². The van der Waals surface area contributed by atoms with E-state index in [2.05, 4.69) is 24.4 Å². The Balaban J connectivity index is 2.08. The SMILES string of the molecule is COc1ccc(C)cc1NC1CCCC(N)C1. The van der Waals surface area contributed by atoms with Gasteiger partial charge in [-0.2, -0.15) is 0 Å². The van der Waals surface area contributed by atoms with E-state index in [1.54, 1.807) is 7.11 Å². The summed E-state index contributed by atoms with van der Waals surface area (Å²) < 4.78 is 5.37. The largest absolute Gasteiger partial charge is 0.495 e. The molecule has 1 aliphatic rings. The first-order valence-electron chi connectivity index (χ1n) is 6.36. The third-order valence-corrected chi connectivity index (χ3v) is 3.43. The minimum atomic E-state index is 0.344. The molecule has 1 aromatic rings. The van der Waals surface area contributed by atoms with Crippen LogP contribution in [0.5, 0.6) is 5.75 Å². The van der Waals surface area contributed by atoms with Crippen molar-refractivity contribution in [3.05, 3.63) is 23.8 Å². The van der Waals surface area contributed by atoms with Crippen LogP contribution in [0.15, 0.2) is 18.2 Å². The van der Waals surface area contributed by atoms with E-state index in [1.807, 2.05) is 6.07 Å². The van der Waals surface area contributed by atoms with Crippen LogP contribution in [0.1, 0.15) is 31.2 Å². The number of rotatable bonds is 3. The average Bonchev–Trinajstić information content (AvgIpc) is 2.29. The molecule has 0 aliphatic heterocycles. The standard InChI is InChI=1S/C14H22N2O/c1-10-6-7-14(17-2)13(8-10)16-12-5-3-4-11(15)9-12/h6-8,11-12,16H,3-5,9,15H2,1-2H3. The van der Waals surface area contributed by atoms with Gasteiger partial charge in [0.1, 0.15) is 5.75 Å². The van der Waals surface area contributed by atoms with Gasteiger partial charge in [-0.3, -0.25) is 0 Å². The maximum absolute atomic E-state index is 6.01. The third kappa shape index (κ3) is 3.13. The van der Waals surface area contributed by atoms with Crippen LogP contribution in [-0.4, -0.2) is 19.2 Å². The minimum absolute atomic E-state index is 0.344. The molecular formula is C14H22N2O. The highest BCUT2D eigenvalue weighted by Gasteiger charge is 2.19. The number of benzene rings is 1. The van der Waals surface area contributed by atoms with Gasteiger partial charge in [0.25, 0.3) is 0 Å². The quantitative estimate of drug-likeness (QED) is 0.845. The summed E-state index contributed by atoms with van der Waals surface area (Å²) in [5.41, 5.74) is 8.34. The van der Waals surface area contributed by atoms with E-state index in [1.165, 1.54) is 18.4 Å². The molecule has 2 rings (SSSR count). The van der Waals surface area contributed by atoms with Crippen molar-refractivity contribution < 1.29 is 4.74 Å². The molecule has 2 unspecified atom stereocenters. The molecule has 0 saturated heterocycles. The topological polar surface area (TPSA) is 47.3 Å². The fourth-order valence-corrected chi connectivity index (χ4v) is 2.51. The monoisotopic (exact) mass is 234 g/mol. The normalized spacial score (nSPS) is 24.4. The molecule has 1 aliphatic carbocycles. The number of hydrogen-bond acceptors (Lipinski definition) is 3. The van der Waals surface area contributed by atoms with E-state index in [0.717, 1.165) is 24.3 Å². The zero-order valence-corrected chi connectivity index (χ0v) is 10.7. The number of nitrogens with two attached hydrogens (primary N) is 1. The predicted molar refractivity (Wildman–Crippen MR) is 71.6 cm³/mol. The molecule has 0 heterocycles. The number of anilines is 1. The van der Waals surface area contributed by atoms with Gasteiger partial charge in [-0.05, 0) is 50.3 Å². The molecule has 17 heavy (non-hydrogen) atoms. The lowest BCUT2D eigenvalue weighted by atomic mass is 9.91. The molecule has 1 aromatic carbocycles. The van der Waals surface area contributed by atoms with Crippen molar-refractivity contribution in [3.63, 3.8) is 0 Å². The Morgan fingerprint density at radius 1 is 1.35 bits per heavy atom. The van der Waals surface area contributed by atoms with E-state index in [0.29, 0.717) is 12.1 Å². The highest BCUT2D eigenvalue weighted by Crippen LogP contribution is 2.28. The van der Waals surface area contributed by atoms with Gasteiger partial charge in [0.2, 0.25) is 0 Å². The molecular weight excluding hydrogens is 212 g/mol. The Morgan fingerprint density at radius 2 is 2.18 bits per heavy atom. The number of nitrogens with one attached hydrogen (secondary N) is 1. The maximum Gasteiger partial charge on any atom is 0.141 e. The Morgan fingerprint density at radius 3 is 2.88 bits per heavy atom. The molecule has 2 atom stereocenters. The molecule has 0 spiro atoms. The molecule has 3 nitrogen and oxygen atoms in total. The molecule has 94 valence electrons. The van der Waals surface area contributed by atoms with Crippen molar-refractivity contribution in [2.45, 2.75) is 44.7 Å². The zero-order valence-electron chi connectivity index (χ0n) is 10.7. The molecule has 3 heteroatoms. The summed E-state index contributed by atoms with van der Waals surface area (Å²) in [4.78, 5) is 0. The lowest BCUT2D eigenvalue weighted by Crippen LogP contribution is -2.34. The van der Waals surface area contributed by atoms with Crippen molar-refractivity contribution in [2.75, 3.05) is 12.4 Å².